The van der Waals surface area contributed by atoms with E-state index in [9.17, 15) is 0 Å². The van der Waals surface area contributed by atoms with Crippen molar-refractivity contribution in [2.24, 2.45) is 4.99 Å². The second kappa shape index (κ2) is 10.0. The highest BCUT2D eigenvalue weighted by atomic mass is 32.1. The summed E-state index contributed by atoms with van der Waals surface area (Å²) >= 11 is 4.30. The number of rotatable bonds is 6. The molecule has 0 spiro atoms. The first-order chi connectivity index (χ1) is 18.2. The van der Waals surface area contributed by atoms with Crippen LogP contribution in [0.3, 0.4) is 0 Å². The maximum atomic E-state index is 4.51. The van der Waals surface area contributed by atoms with E-state index in [1.807, 2.05) is 122 Å². The molecule has 8 heteroatoms. The fourth-order valence-electron chi connectivity index (χ4n) is 3.84. The molecule has 6 aromatic rings. The highest BCUT2D eigenvalue weighted by molar-refractivity contribution is 7.80. The molecule has 0 aliphatic heterocycles. The number of thiol groups is 1. The molecule has 0 saturated heterocycles. The Labute approximate surface area is 219 Å². The SMILES string of the molecule is Sc1ccc(N=Cc2ccc(-c3cn(-c4ccc(-n5cc(-c6ccccc6)nn5)cc4)nn3)cc2)cc1. The molecule has 0 aliphatic carbocycles. The van der Waals surface area contributed by atoms with Gasteiger partial charge in [-0.15, -0.1) is 22.8 Å². The van der Waals surface area contributed by atoms with Crippen molar-refractivity contribution in [3.8, 4) is 33.9 Å². The average Bonchev–Trinajstić information content (AvgIpc) is 3.65. The van der Waals surface area contributed by atoms with Gasteiger partial charge in [-0.3, -0.25) is 4.99 Å². The summed E-state index contributed by atoms with van der Waals surface area (Å²) in [6, 6.07) is 33.7. The molecule has 37 heavy (non-hydrogen) atoms. The second-order valence-corrected chi connectivity index (χ2v) is 8.89. The first-order valence-corrected chi connectivity index (χ1v) is 12.1. The summed E-state index contributed by atoms with van der Waals surface area (Å²) in [5, 5.41) is 17.2. The quantitative estimate of drug-likeness (QED) is 0.218. The Hall–Kier alpha value is -4.82. The molecule has 0 amide bonds. The normalized spacial score (nSPS) is 11.3. The summed E-state index contributed by atoms with van der Waals surface area (Å²) in [5.74, 6) is 0. The molecule has 7 nitrogen and oxygen atoms in total. The van der Waals surface area contributed by atoms with Crippen LogP contribution in [0.1, 0.15) is 5.56 Å². The molecule has 0 unspecified atom stereocenters. The van der Waals surface area contributed by atoms with Crippen molar-refractivity contribution in [1.82, 2.24) is 30.0 Å². The zero-order valence-corrected chi connectivity index (χ0v) is 20.5. The molecule has 6 rings (SSSR count). The first kappa shape index (κ1) is 22.6. The molecule has 4 aromatic carbocycles. The van der Waals surface area contributed by atoms with Crippen molar-refractivity contribution in [3.63, 3.8) is 0 Å². The summed E-state index contributed by atoms with van der Waals surface area (Å²) in [7, 11) is 0. The van der Waals surface area contributed by atoms with E-state index in [0.29, 0.717) is 0 Å². The maximum absolute atomic E-state index is 4.51. The largest absolute Gasteiger partial charge is 0.256 e. The smallest absolute Gasteiger partial charge is 0.113 e. The van der Waals surface area contributed by atoms with Crippen LogP contribution in [-0.2, 0) is 0 Å². The Balaban J connectivity index is 1.15. The van der Waals surface area contributed by atoms with E-state index in [-0.39, 0.29) is 0 Å². The predicted molar refractivity (Wildman–Crippen MR) is 148 cm³/mol. The Morgan fingerprint density at radius 2 is 1.14 bits per heavy atom. The summed E-state index contributed by atoms with van der Waals surface area (Å²) in [4.78, 5) is 5.42. The predicted octanol–water partition coefficient (Wildman–Crippen LogP) is 6.22. The van der Waals surface area contributed by atoms with E-state index >= 15 is 0 Å². The van der Waals surface area contributed by atoms with Gasteiger partial charge in [0.2, 0.25) is 0 Å². The van der Waals surface area contributed by atoms with E-state index in [0.717, 1.165) is 50.0 Å². The van der Waals surface area contributed by atoms with Crippen LogP contribution in [0.2, 0.25) is 0 Å². The van der Waals surface area contributed by atoms with Crippen molar-refractivity contribution in [2.45, 2.75) is 4.90 Å². The van der Waals surface area contributed by atoms with E-state index in [1.165, 1.54) is 0 Å². The lowest BCUT2D eigenvalue weighted by molar-refractivity contribution is 0.792. The Kier molecular flexibility index (Phi) is 6.14. The van der Waals surface area contributed by atoms with E-state index in [1.54, 1.807) is 9.36 Å². The molecular weight excluding hydrogens is 478 g/mol. The third-order valence-corrected chi connectivity index (χ3v) is 6.15. The monoisotopic (exact) mass is 499 g/mol. The van der Waals surface area contributed by atoms with E-state index in [2.05, 4.69) is 38.2 Å². The van der Waals surface area contributed by atoms with Gasteiger partial charge in [-0.25, -0.2) is 9.36 Å². The van der Waals surface area contributed by atoms with Gasteiger partial charge in [0.15, 0.2) is 0 Å². The number of nitrogens with zero attached hydrogens (tertiary/aromatic N) is 7. The summed E-state index contributed by atoms with van der Waals surface area (Å²) in [6.45, 7) is 0. The Morgan fingerprint density at radius 1 is 0.595 bits per heavy atom. The third-order valence-electron chi connectivity index (χ3n) is 5.85. The highest BCUT2D eigenvalue weighted by Crippen LogP contribution is 2.21. The van der Waals surface area contributed by atoms with E-state index < -0.39 is 0 Å². The van der Waals surface area contributed by atoms with Crippen molar-refractivity contribution >= 4 is 24.5 Å². The van der Waals surface area contributed by atoms with Crippen LogP contribution in [0.15, 0.2) is 125 Å². The Morgan fingerprint density at radius 3 is 1.70 bits per heavy atom. The van der Waals surface area contributed by atoms with Crippen molar-refractivity contribution in [3.05, 3.63) is 121 Å². The Bertz CT molecular complexity index is 1650. The van der Waals surface area contributed by atoms with Crippen molar-refractivity contribution < 1.29 is 0 Å². The molecule has 0 fully saturated rings. The molecule has 2 aromatic heterocycles. The van der Waals surface area contributed by atoms with Gasteiger partial charge in [0.05, 0.1) is 29.5 Å². The number of hydrogen-bond donors (Lipinski definition) is 1. The molecule has 178 valence electrons. The zero-order valence-electron chi connectivity index (χ0n) is 19.6. The molecule has 0 N–H and O–H groups in total. The lowest BCUT2D eigenvalue weighted by Crippen LogP contribution is -1.98. The topological polar surface area (TPSA) is 73.8 Å². The minimum Gasteiger partial charge on any atom is -0.256 e. The highest BCUT2D eigenvalue weighted by Gasteiger charge is 2.08. The van der Waals surface area contributed by atoms with Crippen LogP contribution in [0.5, 0.6) is 0 Å². The minimum absolute atomic E-state index is 0.792. The minimum atomic E-state index is 0.792. The number of benzene rings is 4. The van der Waals surface area contributed by atoms with Gasteiger partial charge in [-0.05, 0) is 54.1 Å². The zero-order chi connectivity index (χ0) is 25.0. The lowest BCUT2D eigenvalue weighted by atomic mass is 10.1. The van der Waals surface area contributed by atoms with Gasteiger partial charge >= 0.3 is 0 Å². The van der Waals surface area contributed by atoms with Crippen LogP contribution < -0.4 is 0 Å². The molecular formula is C29H21N7S. The van der Waals surface area contributed by atoms with Gasteiger partial charge in [0.1, 0.15) is 11.4 Å². The van der Waals surface area contributed by atoms with Crippen LogP contribution in [-0.4, -0.2) is 36.2 Å². The van der Waals surface area contributed by atoms with Crippen LogP contribution in [0.4, 0.5) is 5.69 Å². The lowest BCUT2D eigenvalue weighted by Gasteiger charge is -2.03. The van der Waals surface area contributed by atoms with Gasteiger partial charge in [-0.2, -0.15) is 0 Å². The number of aliphatic imine (C=N–C) groups is 1. The van der Waals surface area contributed by atoms with Crippen LogP contribution >= 0.6 is 12.6 Å². The summed E-state index contributed by atoms with van der Waals surface area (Å²) < 4.78 is 3.52. The van der Waals surface area contributed by atoms with Gasteiger partial charge in [-0.1, -0.05) is 65.0 Å². The summed E-state index contributed by atoms with van der Waals surface area (Å²) in [5.41, 5.74) is 7.34. The van der Waals surface area contributed by atoms with Gasteiger partial charge in [0.25, 0.3) is 0 Å². The average molecular weight is 500 g/mol. The molecule has 0 bridgehead atoms. The van der Waals surface area contributed by atoms with E-state index in [4.69, 9.17) is 0 Å². The standard InChI is InChI=1S/C29H21N7S/c37-27-16-10-24(11-17-27)30-18-21-6-8-23(9-7-21)29-20-36(34-32-29)26-14-12-25(13-15-26)35-19-28(31-33-35)22-4-2-1-3-5-22/h1-20,37H. The molecule has 0 radical (unpaired) electrons. The summed E-state index contributed by atoms with van der Waals surface area (Å²) in [6.07, 6.45) is 5.68. The molecule has 0 atom stereocenters. The van der Waals surface area contributed by atoms with Crippen LogP contribution in [0.25, 0.3) is 33.9 Å². The number of hydrogen-bond acceptors (Lipinski definition) is 6. The van der Waals surface area contributed by atoms with Crippen molar-refractivity contribution in [2.75, 3.05) is 0 Å². The molecule has 2 heterocycles. The fraction of sp³-hybridized carbons (Fsp3) is 0. The van der Waals surface area contributed by atoms with Gasteiger partial charge < -0.3 is 0 Å². The maximum Gasteiger partial charge on any atom is 0.113 e. The fourth-order valence-corrected chi connectivity index (χ4v) is 3.99. The van der Waals surface area contributed by atoms with Gasteiger partial charge in [0, 0.05) is 22.2 Å². The van der Waals surface area contributed by atoms with Crippen molar-refractivity contribution in [1.29, 1.82) is 0 Å². The first-order valence-electron chi connectivity index (χ1n) is 11.7. The third kappa shape index (κ3) is 5.10. The van der Waals surface area contributed by atoms with Crippen LogP contribution in [0, 0.1) is 0 Å². The molecule has 0 saturated carbocycles. The second-order valence-electron chi connectivity index (χ2n) is 8.38. The molecule has 0 aliphatic rings. The number of aromatic nitrogens is 6.